The van der Waals surface area contributed by atoms with Crippen LogP contribution in [-0.4, -0.2) is 49.5 Å². The molecule has 6 nitrogen and oxygen atoms in total. The summed E-state index contributed by atoms with van der Waals surface area (Å²) >= 11 is 0. The first-order valence-electron chi connectivity index (χ1n) is 7.69. The van der Waals surface area contributed by atoms with Crippen molar-refractivity contribution < 1.29 is 4.79 Å². The average Bonchev–Trinajstić information content (AvgIpc) is 2.45. The van der Waals surface area contributed by atoms with Gasteiger partial charge in [0.2, 0.25) is 5.91 Å². The summed E-state index contributed by atoms with van der Waals surface area (Å²) in [4.78, 5) is 17.7. The first-order valence-corrected chi connectivity index (χ1v) is 7.69. The highest BCUT2D eigenvalue weighted by Crippen LogP contribution is 2.16. The van der Waals surface area contributed by atoms with Crippen LogP contribution in [-0.2, 0) is 4.79 Å². The number of nitrogens with zero attached hydrogens (tertiary/aromatic N) is 2. The van der Waals surface area contributed by atoms with Crippen molar-refractivity contribution in [3.8, 4) is 0 Å². The molecular weight excluding hydrogens is 254 g/mol. The first-order chi connectivity index (χ1) is 9.63. The summed E-state index contributed by atoms with van der Waals surface area (Å²) in [7, 11) is 0. The zero-order valence-corrected chi connectivity index (χ0v) is 12.6. The number of piperidine rings is 1. The van der Waals surface area contributed by atoms with E-state index in [4.69, 9.17) is 11.5 Å². The molecule has 1 amide bonds. The number of nitrogens with two attached hydrogens (primary N) is 2. The Bertz CT molecular complexity index is 311. The number of nitrogens with one attached hydrogen (secondary N) is 1. The summed E-state index contributed by atoms with van der Waals surface area (Å²) in [6, 6.07) is 0. The van der Waals surface area contributed by atoms with E-state index >= 15 is 0 Å². The van der Waals surface area contributed by atoms with Crippen LogP contribution in [0.1, 0.15) is 39.0 Å². The maximum atomic E-state index is 11.1. The summed E-state index contributed by atoms with van der Waals surface area (Å²) in [5, 5.41) is 3.13. The molecule has 6 heteroatoms. The third-order valence-corrected chi connectivity index (χ3v) is 3.70. The van der Waals surface area contributed by atoms with E-state index in [1.807, 2.05) is 0 Å². The van der Waals surface area contributed by atoms with Crippen molar-refractivity contribution in [3.05, 3.63) is 0 Å². The second-order valence-electron chi connectivity index (χ2n) is 5.42. The maximum Gasteiger partial charge on any atom is 0.220 e. The maximum absolute atomic E-state index is 11.1. The van der Waals surface area contributed by atoms with Crippen LogP contribution >= 0.6 is 0 Å². The van der Waals surface area contributed by atoms with Crippen LogP contribution in [0.3, 0.4) is 0 Å². The number of carbonyl (C=O) groups excluding carboxylic acids is 1. The lowest BCUT2D eigenvalue weighted by Gasteiger charge is -2.30. The van der Waals surface area contributed by atoms with E-state index in [1.165, 1.54) is 0 Å². The highest BCUT2D eigenvalue weighted by atomic mass is 16.1. The number of hydrogen-bond donors (Lipinski definition) is 3. The molecule has 0 atom stereocenters. The number of amides is 1. The molecule has 0 radical (unpaired) electrons. The molecule has 1 aliphatic rings. The van der Waals surface area contributed by atoms with Crippen molar-refractivity contribution in [2.75, 3.05) is 32.7 Å². The van der Waals surface area contributed by atoms with E-state index in [9.17, 15) is 4.79 Å². The zero-order chi connectivity index (χ0) is 14.8. The van der Waals surface area contributed by atoms with Crippen molar-refractivity contribution >= 4 is 11.9 Å². The Morgan fingerprint density at radius 1 is 1.30 bits per heavy atom. The lowest BCUT2D eigenvalue weighted by molar-refractivity contribution is -0.123. The average molecular weight is 283 g/mol. The third kappa shape index (κ3) is 6.75. The van der Waals surface area contributed by atoms with E-state index in [-0.39, 0.29) is 11.8 Å². The largest absolute Gasteiger partial charge is 0.370 e. The van der Waals surface area contributed by atoms with Gasteiger partial charge >= 0.3 is 0 Å². The summed E-state index contributed by atoms with van der Waals surface area (Å²) < 4.78 is 0. The molecule has 1 heterocycles. The third-order valence-electron chi connectivity index (χ3n) is 3.70. The highest BCUT2D eigenvalue weighted by Gasteiger charge is 2.22. The Kier molecular flexibility index (Phi) is 8.02. The normalized spacial score (nSPS) is 18.1. The number of aliphatic imine (C=N–C) groups is 1. The van der Waals surface area contributed by atoms with E-state index in [2.05, 4.69) is 22.1 Å². The summed E-state index contributed by atoms with van der Waals surface area (Å²) in [5.74, 6) is 0.493. The minimum Gasteiger partial charge on any atom is -0.370 e. The SMILES string of the molecule is CCCN=C(N)NCCCCN1CCC(C(N)=O)CC1. The number of unbranched alkanes of at least 4 members (excludes halogenated alkanes) is 1. The van der Waals surface area contributed by atoms with Gasteiger partial charge in [-0.1, -0.05) is 6.92 Å². The molecule has 1 saturated heterocycles. The lowest BCUT2D eigenvalue weighted by Crippen LogP contribution is -2.39. The van der Waals surface area contributed by atoms with Gasteiger partial charge in [0.1, 0.15) is 0 Å². The van der Waals surface area contributed by atoms with Crippen molar-refractivity contribution in [2.45, 2.75) is 39.0 Å². The van der Waals surface area contributed by atoms with Crippen LogP contribution in [0.2, 0.25) is 0 Å². The monoisotopic (exact) mass is 283 g/mol. The Morgan fingerprint density at radius 2 is 2.00 bits per heavy atom. The molecule has 1 aliphatic heterocycles. The number of likely N-dealkylation sites (tertiary alicyclic amines) is 1. The van der Waals surface area contributed by atoms with E-state index in [1.54, 1.807) is 0 Å². The standard InChI is InChI=1S/C14H29N5O/c1-2-7-17-14(16)18-8-3-4-9-19-10-5-12(6-11-19)13(15)20/h12H,2-11H2,1H3,(H2,15,20)(H3,16,17,18). The quantitative estimate of drug-likeness (QED) is 0.338. The molecule has 0 spiro atoms. The molecular formula is C14H29N5O. The fourth-order valence-electron chi connectivity index (χ4n) is 2.41. The van der Waals surface area contributed by atoms with E-state index in [0.29, 0.717) is 5.96 Å². The summed E-state index contributed by atoms with van der Waals surface area (Å²) in [6.45, 7) is 6.80. The highest BCUT2D eigenvalue weighted by molar-refractivity contribution is 5.77. The Balaban J connectivity index is 2.01. The minimum absolute atomic E-state index is 0.0856. The smallest absolute Gasteiger partial charge is 0.220 e. The fraction of sp³-hybridized carbons (Fsp3) is 0.857. The Morgan fingerprint density at radius 3 is 2.60 bits per heavy atom. The molecule has 1 rings (SSSR count). The number of hydrogen-bond acceptors (Lipinski definition) is 3. The second-order valence-corrected chi connectivity index (χ2v) is 5.42. The van der Waals surface area contributed by atoms with Gasteiger partial charge in [0.05, 0.1) is 0 Å². The van der Waals surface area contributed by atoms with Gasteiger partial charge in [-0.15, -0.1) is 0 Å². The van der Waals surface area contributed by atoms with Gasteiger partial charge in [0.25, 0.3) is 0 Å². The lowest BCUT2D eigenvalue weighted by atomic mass is 9.96. The molecule has 0 aromatic rings. The number of primary amides is 1. The van der Waals surface area contributed by atoms with Crippen molar-refractivity contribution in [3.63, 3.8) is 0 Å². The first kappa shape index (κ1) is 16.8. The second kappa shape index (κ2) is 9.58. The van der Waals surface area contributed by atoms with Gasteiger partial charge in [-0.05, 0) is 51.7 Å². The number of guanidine groups is 1. The predicted molar refractivity (Wildman–Crippen MR) is 82.4 cm³/mol. The molecule has 20 heavy (non-hydrogen) atoms. The van der Waals surface area contributed by atoms with Gasteiger partial charge in [0, 0.05) is 19.0 Å². The Hall–Kier alpha value is -1.30. The molecule has 0 unspecified atom stereocenters. The van der Waals surface area contributed by atoms with Crippen molar-refractivity contribution in [1.29, 1.82) is 0 Å². The molecule has 0 aliphatic carbocycles. The molecule has 116 valence electrons. The molecule has 0 saturated carbocycles. The Labute approximate surface area is 122 Å². The number of rotatable bonds is 8. The van der Waals surface area contributed by atoms with Gasteiger partial charge in [-0.3, -0.25) is 9.79 Å². The predicted octanol–water partition coefficient (Wildman–Crippen LogP) is 0.278. The van der Waals surface area contributed by atoms with Crippen LogP contribution < -0.4 is 16.8 Å². The topological polar surface area (TPSA) is 96.7 Å². The summed E-state index contributed by atoms with van der Waals surface area (Å²) in [5.41, 5.74) is 11.0. The summed E-state index contributed by atoms with van der Waals surface area (Å²) in [6.07, 6.45) is 5.05. The molecule has 1 fully saturated rings. The van der Waals surface area contributed by atoms with Crippen LogP contribution in [0.25, 0.3) is 0 Å². The van der Waals surface area contributed by atoms with Crippen LogP contribution in [0.4, 0.5) is 0 Å². The zero-order valence-electron chi connectivity index (χ0n) is 12.6. The molecule has 0 aromatic carbocycles. The van der Waals surface area contributed by atoms with Gasteiger partial charge in [-0.25, -0.2) is 0 Å². The van der Waals surface area contributed by atoms with Gasteiger partial charge in [0.15, 0.2) is 5.96 Å². The number of carbonyl (C=O) groups is 1. The van der Waals surface area contributed by atoms with Crippen LogP contribution in [0.5, 0.6) is 0 Å². The minimum atomic E-state index is -0.143. The van der Waals surface area contributed by atoms with Gasteiger partial charge < -0.3 is 21.7 Å². The fourth-order valence-corrected chi connectivity index (χ4v) is 2.41. The van der Waals surface area contributed by atoms with E-state index < -0.39 is 0 Å². The van der Waals surface area contributed by atoms with E-state index in [0.717, 1.165) is 64.8 Å². The van der Waals surface area contributed by atoms with Crippen molar-refractivity contribution in [1.82, 2.24) is 10.2 Å². The van der Waals surface area contributed by atoms with Crippen LogP contribution in [0.15, 0.2) is 4.99 Å². The molecule has 5 N–H and O–H groups in total. The molecule has 0 aromatic heterocycles. The van der Waals surface area contributed by atoms with Crippen molar-refractivity contribution in [2.24, 2.45) is 22.4 Å². The van der Waals surface area contributed by atoms with Crippen LogP contribution in [0, 0.1) is 5.92 Å². The molecule has 0 bridgehead atoms. The van der Waals surface area contributed by atoms with Gasteiger partial charge in [-0.2, -0.15) is 0 Å².